The van der Waals surface area contributed by atoms with Crippen LogP contribution in [0.4, 0.5) is 0 Å². The van der Waals surface area contributed by atoms with Crippen molar-refractivity contribution in [1.29, 1.82) is 0 Å². The highest BCUT2D eigenvalue weighted by atomic mass is 16.5. The molecule has 1 unspecified atom stereocenters. The smallest absolute Gasteiger partial charge is 0.343 e. The molecule has 0 aliphatic carbocycles. The normalized spacial score (nSPS) is 11.9. The van der Waals surface area contributed by atoms with Gasteiger partial charge in [0.2, 0.25) is 0 Å². The summed E-state index contributed by atoms with van der Waals surface area (Å²) in [5.74, 6) is 0.918. The van der Waals surface area contributed by atoms with Gasteiger partial charge in [0.1, 0.15) is 11.5 Å². The van der Waals surface area contributed by atoms with E-state index < -0.39 is 0 Å². The first-order valence-corrected chi connectivity index (χ1v) is 15.3. The van der Waals surface area contributed by atoms with E-state index in [1.54, 1.807) is 12.1 Å². The Balaban J connectivity index is 1.52. The predicted molar refractivity (Wildman–Crippen MR) is 158 cm³/mol. The number of carbonyl (C=O) groups is 1. The molecule has 2 aromatic carbocycles. The SMILES string of the molecule is CCCCCCCCCCCCCCCCOC(C)c1ccc(C(=O)Oc2ccc(OCCC)cc2)cc1. The minimum absolute atomic E-state index is 0.0118. The van der Waals surface area contributed by atoms with E-state index in [0.717, 1.165) is 30.8 Å². The Kier molecular flexibility index (Phi) is 17.3. The molecule has 0 aliphatic rings. The molecule has 0 amide bonds. The van der Waals surface area contributed by atoms with Crippen molar-refractivity contribution < 1.29 is 19.0 Å². The Hall–Kier alpha value is -2.33. The summed E-state index contributed by atoms with van der Waals surface area (Å²) in [6.45, 7) is 7.87. The summed E-state index contributed by atoms with van der Waals surface area (Å²) in [4.78, 5) is 12.5. The van der Waals surface area contributed by atoms with Crippen molar-refractivity contribution in [1.82, 2.24) is 0 Å². The number of ether oxygens (including phenoxy) is 3. The zero-order chi connectivity index (χ0) is 27.3. The Morgan fingerprint density at radius 1 is 0.605 bits per heavy atom. The topological polar surface area (TPSA) is 44.8 Å². The second-order valence-corrected chi connectivity index (χ2v) is 10.4. The van der Waals surface area contributed by atoms with Gasteiger partial charge >= 0.3 is 5.97 Å². The molecule has 212 valence electrons. The van der Waals surface area contributed by atoms with Gasteiger partial charge in [-0.05, 0) is 61.7 Å². The highest BCUT2D eigenvalue weighted by molar-refractivity contribution is 5.91. The molecular formula is C34H52O4. The van der Waals surface area contributed by atoms with E-state index in [9.17, 15) is 4.79 Å². The number of benzene rings is 2. The van der Waals surface area contributed by atoms with E-state index in [-0.39, 0.29) is 12.1 Å². The fraction of sp³-hybridized carbons (Fsp3) is 0.618. The van der Waals surface area contributed by atoms with Crippen LogP contribution in [-0.4, -0.2) is 19.2 Å². The second kappa shape index (κ2) is 20.6. The maximum atomic E-state index is 12.5. The standard InChI is InChI=1S/C34H52O4/c1-4-6-7-8-9-10-11-12-13-14-15-16-17-18-28-36-29(3)30-19-21-31(22-20-30)34(35)38-33-25-23-32(24-26-33)37-27-5-2/h19-26,29H,4-18,27-28H2,1-3H3. The van der Waals surface area contributed by atoms with Crippen LogP contribution < -0.4 is 9.47 Å². The van der Waals surface area contributed by atoms with E-state index in [0.29, 0.717) is 17.9 Å². The highest BCUT2D eigenvalue weighted by Crippen LogP contribution is 2.21. The van der Waals surface area contributed by atoms with Gasteiger partial charge in [0, 0.05) is 6.61 Å². The number of hydrogen-bond acceptors (Lipinski definition) is 4. The van der Waals surface area contributed by atoms with Crippen molar-refractivity contribution in [3.63, 3.8) is 0 Å². The van der Waals surface area contributed by atoms with Crippen molar-refractivity contribution in [2.75, 3.05) is 13.2 Å². The van der Waals surface area contributed by atoms with Crippen LogP contribution in [0.2, 0.25) is 0 Å². The van der Waals surface area contributed by atoms with Crippen LogP contribution in [-0.2, 0) is 4.74 Å². The highest BCUT2D eigenvalue weighted by Gasteiger charge is 2.11. The molecule has 4 nitrogen and oxygen atoms in total. The van der Waals surface area contributed by atoms with Crippen molar-refractivity contribution in [2.45, 2.75) is 123 Å². The molecule has 0 aliphatic heterocycles. The summed E-state index contributed by atoms with van der Waals surface area (Å²) in [7, 11) is 0. The van der Waals surface area contributed by atoms with Gasteiger partial charge in [-0.1, -0.05) is 109 Å². The maximum absolute atomic E-state index is 12.5. The summed E-state index contributed by atoms with van der Waals surface area (Å²) in [5.41, 5.74) is 1.60. The zero-order valence-corrected chi connectivity index (χ0v) is 24.3. The minimum Gasteiger partial charge on any atom is -0.494 e. The third-order valence-corrected chi connectivity index (χ3v) is 6.99. The first kappa shape index (κ1) is 31.9. The van der Waals surface area contributed by atoms with Gasteiger partial charge in [0.05, 0.1) is 18.3 Å². The Bertz CT molecular complexity index is 844. The molecule has 0 saturated heterocycles. The quantitative estimate of drug-likeness (QED) is 0.0873. The summed E-state index contributed by atoms with van der Waals surface area (Å²) < 4.78 is 17.1. The largest absolute Gasteiger partial charge is 0.494 e. The third-order valence-electron chi connectivity index (χ3n) is 6.99. The lowest BCUT2D eigenvalue weighted by molar-refractivity contribution is 0.0626. The number of hydrogen-bond donors (Lipinski definition) is 0. The van der Waals surface area contributed by atoms with E-state index in [2.05, 4.69) is 20.8 Å². The second-order valence-electron chi connectivity index (χ2n) is 10.4. The van der Waals surface area contributed by atoms with Gasteiger partial charge in [-0.15, -0.1) is 0 Å². The lowest BCUT2D eigenvalue weighted by Gasteiger charge is -2.14. The first-order chi connectivity index (χ1) is 18.6. The van der Waals surface area contributed by atoms with Crippen LogP contribution in [0.5, 0.6) is 11.5 Å². The van der Waals surface area contributed by atoms with Crippen molar-refractivity contribution in [3.05, 3.63) is 59.7 Å². The van der Waals surface area contributed by atoms with Gasteiger partial charge in [0.25, 0.3) is 0 Å². The molecule has 0 fully saturated rings. The lowest BCUT2D eigenvalue weighted by Crippen LogP contribution is -2.09. The lowest BCUT2D eigenvalue weighted by atomic mass is 10.0. The van der Waals surface area contributed by atoms with Crippen molar-refractivity contribution in [2.24, 2.45) is 0 Å². The molecule has 0 heterocycles. The van der Waals surface area contributed by atoms with Crippen LogP contribution in [0.1, 0.15) is 139 Å². The first-order valence-electron chi connectivity index (χ1n) is 15.3. The van der Waals surface area contributed by atoms with Gasteiger partial charge < -0.3 is 14.2 Å². The van der Waals surface area contributed by atoms with Crippen LogP contribution >= 0.6 is 0 Å². The van der Waals surface area contributed by atoms with E-state index in [1.165, 1.54) is 83.5 Å². The molecule has 4 heteroatoms. The fourth-order valence-electron chi connectivity index (χ4n) is 4.53. The monoisotopic (exact) mass is 524 g/mol. The summed E-state index contributed by atoms with van der Waals surface area (Å²) in [6, 6.07) is 14.7. The summed E-state index contributed by atoms with van der Waals surface area (Å²) in [5, 5.41) is 0. The van der Waals surface area contributed by atoms with E-state index in [4.69, 9.17) is 14.2 Å². The van der Waals surface area contributed by atoms with Gasteiger partial charge in [-0.25, -0.2) is 4.79 Å². The van der Waals surface area contributed by atoms with Crippen LogP contribution in [0, 0.1) is 0 Å². The third kappa shape index (κ3) is 14.0. The average Bonchev–Trinajstić information content (AvgIpc) is 2.94. The molecule has 0 spiro atoms. The molecule has 2 aromatic rings. The molecule has 38 heavy (non-hydrogen) atoms. The van der Waals surface area contributed by atoms with Gasteiger partial charge in [0.15, 0.2) is 0 Å². The number of unbranched alkanes of at least 4 members (excludes halogenated alkanes) is 13. The number of rotatable bonds is 22. The maximum Gasteiger partial charge on any atom is 0.343 e. The fourth-order valence-corrected chi connectivity index (χ4v) is 4.53. The van der Waals surface area contributed by atoms with E-state index in [1.807, 2.05) is 36.4 Å². The Morgan fingerprint density at radius 2 is 1.11 bits per heavy atom. The van der Waals surface area contributed by atoms with Crippen molar-refractivity contribution in [3.8, 4) is 11.5 Å². The molecule has 0 radical (unpaired) electrons. The Morgan fingerprint density at radius 3 is 1.63 bits per heavy atom. The predicted octanol–water partition coefficient (Wildman–Crippen LogP) is 10.3. The molecular weight excluding hydrogens is 472 g/mol. The molecule has 0 aromatic heterocycles. The average molecular weight is 525 g/mol. The van der Waals surface area contributed by atoms with Crippen molar-refractivity contribution >= 4 is 5.97 Å². The molecule has 0 N–H and O–H groups in total. The molecule has 2 rings (SSSR count). The van der Waals surface area contributed by atoms with E-state index >= 15 is 0 Å². The van der Waals surface area contributed by atoms with Crippen LogP contribution in [0.15, 0.2) is 48.5 Å². The molecule has 0 bridgehead atoms. The van der Waals surface area contributed by atoms with Gasteiger partial charge in [-0.3, -0.25) is 0 Å². The zero-order valence-electron chi connectivity index (χ0n) is 24.3. The number of esters is 1. The summed E-state index contributed by atoms with van der Waals surface area (Å²) in [6.07, 6.45) is 20.0. The van der Waals surface area contributed by atoms with Crippen LogP contribution in [0.3, 0.4) is 0 Å². The minimum atomic E-state index is -0.366. The molecule has 1 atom stereocenters. The van der Waals surface area contributed by atoms with Gasteiger partial charge in [-0.2, -0.15) is 0 Å². The number of carbonyl (C=O) groups excluding carboxylic acids is 1. The summed E-state index contributed by atoms with van der Waals surface area (Å²) >= 11 is 0. The molecule has 0 saturated carbocycles. The van der Waals surface area contributed by atoms with Crippen LogP contribution in [0.25, 0.3) is 0 Å². The Labute approximate surface area is 232 Å².